The van der Waals surface area contributed by atoms with Gasteiger partial charge in [0.2, 0.25) is 11.8 Å². The van der Waals surface area contributed by atoms with Crippen LogP contribution in [-0.2, 0) is 11.2 Å². The van der Waals surface area contributed by atoms with Crippen molar-refractivity contribution in [2.24, 2.45) is 5.92 Å². The van der Waals surface area contributed by atoms with E-state index in [2.05, 4.69) is 22.0 Å². The summed E-state index contributed by atoms with van der Waals surface area (Å²) in [6.07, 6.45) is 12.3. The van der Waals surface area contributed by atoms with Crippen LogP contribution in [0.4, 0.5) is 0 Å². The van der Waals surface area contributed by atoms with E-state index >= 15 is 0 Å². The Labute approximate surface area is 162 Å². The quantitative estimate of drug-likeness (QED) is 0.756. The second-order valence-electron chi connectivity index (χ2n) is 8.93. The minimum atomic E-state index is 0.213. The highest BCUT2D eigenvalue weighted by molar-refractivity contribution is 5.77. The van der Waals surface area contributed by atoms with Crippen LogP contribution in [0.25, 0.3) is 0 Å². The fourth-order valence-corrected chi connectivity index (χ4v) is 5.04. The van der Waals surface area contributed by atoms with Crippen molar-refractivity contribution < 1.29 is 9.32 Å². The molecule has 1 atom stereocenters. The van der Waals surface area contributed by atoms with Gasteiger partial charge in [0.15, 0.2) is 5.82 Å². The zero-order chi connectivity index (χ0) is 18.6. The number of piperidine rings is 2. The molecule has 0 N–H and O–H groups in total. The third-order valence-corrected chi connectivity index (χ3v) is 6.85. The number of rotatable bonds is 4. The summed E-state index contributed by atoms with van der Waals surface area (Å²) in [6.45, 7) is 3.09. The van der Waals surface area contributed by atoms with Crippen LogP contribution in [0.2, 0.25) is 0 Å². The molecule has 150 valence electrons. The highest BCUT2D eigenvalue weighted by atomic mass is 16.5. The Balaban J connectivity index is 1.36. The van der Waals surface area contributed by atoms with Crippen molar-refractivity contribution in [3.05, 3.63) is 11.7 Å². The summed E-state index contributed by atoms with van der Waals surface area (Å²) in [5.74, 6) is 2.82. The lowest BCUT2D eigenvalue weighted by atomic mass is 9.93. The predicted octanol–water partition coefficient (Wildman–Crippen LogP) is 3.38. The minimum Gasteiger partial charge on any atom is -0.339 e. The van der Waals surface area contributed by atoms with Gasteiger partial charge in [-0.3, -0.25) is 4.79 Å². The van der Waals surface area contributed by atoms with Gasteiger partial charge in [0, 0.05) is 25.4 Å². The van der Waals surface area contributed by atoms with Crippen LogP contribution in [0.3, 0.4) is 0 Å². The summed E-state index contributed by atoms with van der Waals surface area (Å²) in [7, 11) is 2.19. The molecule has 1 saturated carbocycles. The van der Waals surface area contributed by atoms with Crippen LogP contribution in [-0.4, -0.2) is 58.6 Å². The second kappa shape index (κ2) is 8.72. The third-order valence-electron chi connectivity index (χ3n) is 6.85. The van der Waals surface area contributed by atoms with E-state index in [0.29, 0.717) is 24.3 Å². The van der Waals surface area contributed by atoms with Crippen LogP contribution >= 0.6 is 0 Å². The van der Waals surface area contributed by atoms with Crippen molar-refractivity contribution in [2.45, 2.75) is 82.6 Å². The summed E-state index contributed by atoms with van der Waals surface area (Å²) >= 11 is 0. The van der Waals surface area contributed by atoms with Crippen LogP contribution in [0.1, 0.15) is 81.8 Å². The maximum Gasteiger partial charge on any atom is 0.231 e. The highest BCUT2D eigenvalue weighted by Crippen LogP contribution is 2.32. The molecule has 1 amide bonds. The molecule has 2 aliphatic heterocycles. The average molecular weight is 375 g/mol. The Kier molecular flexibility index (Phi) is 6.11. The van der Waals surface area contributed by atoms with E-state index in [1.807, 2.05) is 0 Å². The van der Waals surface area contributed by atoms with Crippen molar-refractivity contribution in [1.29, 1.82) is 0 Å². The summed E-state index contributed by atoms with van der Waals surface area (Å²) in [6, 6.07) is 0.421. The molecule has 1 aromatic rings. The zero-order valence-electron chi connectivity index (χ0n) is 16.7. The SMILES string of the molecule is CN1CCC(Cc2noc([C@@H]3CCC(=O)N(C4CCCCCC4)C3)n2)CC1. The van der Waals surface area contributed by atoms with Gasteiger partial charge >= 0.3 is 0 Å². The molecule has 0 radical (unpaired) electrons. The summed E-state index contributed by atoms with van der Waals surface area (Å²) in [5.41, 5.74) is 0. The summed E-state index contributed by atoms with van der Waals surface area (Å²) in [4.78, 5) is 21.8. The van der Waals surface area contributed by atoms with Crippen molar-refractivity contribution in [2.75, 3.05) is 26.7 Å². The van der Waals surface area contributed by atoms with Gasteiger partial charge in [-0.1, -0.05) is 30.8 Å². The monoisotopic (exact) mass is 374 g/mol. The number of hydrogen-bond donors (Lipinski definition) is 0. The molecule has 3 aliphatic rings. The molecule has 2 saturated heterocycles. The maximum atomic E-state index is 12.5. The molecule has 0 spiro atoms. The first-order valence-corrected chi connectivity index (χ1v) is 11.0. The van der Waals surface area contributed by atoms with E-state index in [9.17, 15) is 4.79 Å². The lowest BCUT2D eigenvalue weighted by molar-refractivity contribution is -0.136. The van der Waals surface area contributed by atoms with E-state index in [0.717, 1.165) is 57.0 Å². The van der Waals surface area contributed by atoms with E-state index in [-0.39, 0.29) is 5.92 Å². The Morgan fingerprint density at radius 1 is 1.04 bits per heavy atom. The average Bonchev–Trinajstić information content (AvgIpc) is 2.97. The molecule has 1 aromatic heterocycles. The number of nitrogens with zero attached hydrogens (tertiary/aromatic N) is 4. The molecule has 0 unspecified atom stereocenters. The van der Waals surface area contributed by atoms with Gasteiger partial charge in [-0.25, -0.2) is 0 Å². The molecule has 27 heavy (non-hydrogen) atoms. The first-order valence-electron chi connectivity index (χ1n) is 11.0. The fourth-order valence-electron chi connectivity index (χ4n) is 5.04. The zero-order valence-corrected chi connectivity index (χ0v) is 16.7. The first-order chi connectivity index (χ1) is 13.2. The number of carbonyl (C=O) groups is 1. The fraction of sp³-hybridized carbons (Fsp3) is 0.857. The van der Waals surface area contributed by atoms with Crippen molar-refractivity contribution in [1.82, 2.24) is 19.9 Å². The predicted molar refractivity (Wildman–Crippen MR) is 103 cm³/mol. The number of carbonyl (C=O) groups excluding carboxylic acids is 1. The van der Waals surface area contributed by atoms with Gasteiger partial charge in [0.05, 0.1) is 5.92 Å². The van der Waals surface area contributed by atoms with Crippen molar-refractivity contribution in [3.63, 3.8) is 0 Å². The third kappa shape index (κ3) is 4.71. The molecule has 1 aliphatic carbocycles. The lowest BCUT2D eigenvalue weighted by Crippen LogP contribution is -2.45. The largest absolute Gasteiger partial charge is 0.339 e. The van der Waals surface area contributed by atoms with Gasteiger partial charge in [0.1, 0.15) is 0 Å². The van der Waals surface area contributed by atoms with E-state index < -0.39 is 0 Å². The number of hydrogen-bond acceptors (Lipinski definition) is 5. The van der Waals surface area contributed by atoms with Gasteiger partial charge in [-0.2, -0.15) is 4.98 Å². The molecule has 6 heteroatoms. The molecule has 3 fully saturated rings. The summed E-state index contributed by atoms with van der Waals surface area (Å²) in [5, 5.41) is 4.27. The van der Waals surface area contributed by atoms with Gasteiger partial charge in [0.25, 0.3) is 0 Å². The molecule has 0 aromatic carbocycles. The Bertz CT molecular complexity index is 615. The molecule has 0 bridgehead atoms. The van der Waals surface area contributed by atoms with E-state index in [4.69, 9.17) is 9.51 Å². The Morgan fingerprint density at radius 3 is 2.52 bits per heavy atom. The van der Waals surface area contributed by atoms with Crippen molar-refractivity contribution >= 4 is 5.91 Å². The number of aromatic nitrogens is 2. The minimum absolute atomic E-state index is 0.213. The maximum absolute atomic E-state index is 12.5. The topological polar surface area (TPSA) is 62.5 Å². The number of likely N-dealkylation sites (tertiary alicyclic amines) is 2. The number of amides is 1. The molecular weight excluding hydrogens is 340 g/mol. The van der Waals surface area contributed by atoms with Crippen molar-refractivity contribution in [3.8, 4) is 0 Å². The summed E-state index contributed by atoms with van der Waals surface area (Å²) < 4.78 is 5.65. The van der Waals surface area contributed by atoms with Crippen LogP contribution in [0.15, 0.2) is 4.52 Å². The Morgan fingerprint density at radius 2 is 1.78 bits per heavy atom. The molecule has 6 nitrogen and oxygen atoms in total. The van der Waals surface area contributed by atoms with Crippen LogP contribution in [0.5, 0.6) is 0 Å². The van der Waals surface area contributed by atoms with Gasteiger partial charge < -0.3 is 14.3 Å². The van der Waals surface area contributed by atoms with E-state index in [1.165, 1.54) is 38.5 Å². The standard InChI is InChI=1S/C21H34N4O2/c1-24-12-10-16(11-13-24)14-19-22-21(27-23-19)17-8-9-20(26)25(15-17)18-6-4-2-3-5-7-18/h16-18H,2-15H2,1H3/t17-/m1/s1. The Hall–Kier alpha value is -1.43. The van der Waals surface area contributed by atoms with Crippen LogP contribution < -0.4 is 0 Å². The van der Waals surface area contributed by atoms with Gasteiger partial charge in [-0.15, -0.1) is 0 Å². The molecule has 4 rings (SSSR count). The first kappa shape index (κ1) is 18.9. The highest BCUT2D eigenvalue weighted by Gasteiger charge is 2.34. The van der Waals surface area contributed by atoms with Gasteiger partial charge in [-0.05, 0) is 58.2 Å². The molecular formula is C21H34N4O2. The smallest absolute Gasteiger partial charge is 0.231 e. The molecule has 3 heterocycles. The normalized spacial score (nSPS) is 27.1. The second-order valence-corrected chi connectivity index (χ2v) is 8.93. The van der Waals surface area contributed by atoms with E-state index in [1.54, 1.807) is 0 Å². The lowest BCUT2D eigenvalue weighted by Gasteiger charge is -2.37. The van der Waals surface area contributed by atoms with Crippen LogP contribution in [0, 0.1) is 5.92 Å².